The Morgan fingerprint density at radius 2 is 1.55 bits per heavy atom. The highest BCUT2D eigenvalue weighted by atomic mass is 16.5. The van der Waals surface area contributed by atoms with Gasteiger partial charge in [0.05, 0.1) is 18.9 Å². The van der Waals surface area contributed by atoms with Crippen molar-refractivity contribution in [1.29, 1.82) is 0 Å². The zero-order valence-electron chi connectivity index (χ0n) is 16.5. The molecule has 0 unspecified atom stereocenters. The molecule has 2 bridgehead atoms. The molecule has 6 heteroatoms. The summed E-state index contributed by atoms with van der Waals surface area (Å²) in [6.07, 6.45) is 8.02. The molecule has 1 saturated heterocycles. The lowest BCUT2D eigenvalue weighted by Gasteiger charge is -2.33. The topological polar surface area (TPSA) is 75.7 Å². The smallest absolute Gasteiger partial charge is 0.233 e. The van der Waals surface area contributed by atoms with E-state index in [1.165, 1.54) is 0 Å². The summed E-state index contributed by atoms with van der Waals surface area (Å²) in [5, 5.41) is 2.97. The summed E-state index contributed by atoms with van der Waals surface area (Å²) in [4.78, 5) is 40.2. The summed E-state index contributed by atoms with van der Waals surface area (Å²) >= 11 is 0. The van der Waals surface area contributed by atoms with Crippen LogP contribution in [-0.4, -0.2) is 35.8 Å². The molecule has 29 heavy (non-hydrogen) atoms. The van der Waals surface area contributed by atoms with Crippen molar-refractivity contribution in [2.24, 2.45) is 29.6 Å². The number of ether oxygens (including phenoxy) is 1. The van der Waals surface area contributed by atoms with Gasteiger partial charge in [0.25, 0.3) is 0 Å². The third kappa shape index (κ3) is 2.96. The van der Waals surface area contributed by atoms with Gasteiger partial charge in [0, 0.05) is 17.6 Å². The minimum atomic E-state index is -0.131. The normalized spacial score (nSPS) is 35.1. The Hall–Kier alpha value is -2.63. The van der Waals surface area contributed by atoms with Crippen LogP contribution in [0.4, 0.5) is 5.69 Å². The number of nitrogens with one attached hydrogen (secondary N) is 1. The highest BCUT2D eigenvalue weighted by Gasteiger charge is 2.60. The van der Waals surface area contributed by atoms with Gasteiger partial charge in [0.2, 0.25) is 17.7 Å². The molecular formula is C23H26N2O4. The van der Waals surface area contributed by atoms with E-state index in [0.29, 0.717) is 25.7 Å². The molecule has 3 amide bonds. The third-order valence-electron chi connectivity index (χ3n) is 7.29. The number of carbonyl (C=O) groups is 3. The zero-order chi connectivity index (χ0) is 20.1. The lowest BCUT2D eigenvalue weighted by atomic mass is 9.84. The Balaban J connectivity index is 1.19. The van der Waals surface area contributed by atoms with Crippen molar-refractivity contribution in [2.45, 2.75) is 38.1 Å². The Bertz CT molecular complexity index is 839. The van der Waals surface area contributed by atoms with Crippen LogP contribution < -0.4 is 10.1 Å². The molecule has 5 rings (SSSR count). The summed E-state index contributed by atoms with van der Waals surface area (Å²) in [6, 6.07) is 7.23. The molecule has 6 nitrogen and oxygen atoms in total. The predicted octanol–water partition coefficient (Wildman–Crippen LogP) is 3.00. The van der Waals surface area contributed by atoms with Gasteiger partial charge in [-0.25, -0.2) is 0 Å². The van der Waals surface area contributed by atoms with Gasteiger partial charge in [-0.2, -0.15) is 0 Å². The highest BCUT2D eigenvalue weighted by Crippen LogP contribution is 2.53. The van der Waals surface area contributed by atoms with Crippen LogP contribution in [0.5, 0.6) is 5.75 Å². The van der Waals surface area contributed by atoms with Gasteiger partial charge in [-0.3, -0.25) is 19.3 Å². The molecule has 0 radical (unpaired) electrons. The number of rotatable bonds is 4. The third-order valence-corrected chi connectivity index (χ3v) is 7.29. The molecule has 1 aromatic rings. The number of amides is 3. The van der Waals surface area contributed by atoms with Gasteiger partial charge in [-0.05, 0) is 68.2 Å². The standard InChI is InChI=1S/C23H26N2O4/c1-29-18-10-6-16(7-11-18)24-21(26)13-4-8-17(9-5-13)25-22(27)19-14-2-3-15(12-14)20(19)23(25)28/h2-3,6-7,10-11,13-15,17,19-20H,4-5,8-9,12H2,1H3,(H,24,26)/t13?,14-,15+,17?,19-,20-/m0/s1. The van der Waals surface area contributed by atoms with Crippen molar-refractivity contribution in [1.82, 2.24) is 4.90 Å². The molecule has 0 aromatic heterocycles. The van der Waals surface area contributed by atoms with Gasteiger partial charge in [-0.1, -0.05) is 12.2 Å². The maximum atomic E-state index is 13.0. The van der Waals surface area contributed by atoms with Gasteiger partial charge >= 0.3 is 0 Å². The van der Waals surface area contributed by atoms with Crippen molar-refractivity contribution in [3.05, 3.63) is 36.4 Å². The van der Waals surface area contributed by atoms with E-state index in [9.17, 15) is 14.4 Å². The first-order valence-electron chi connectivity index (χ1n) is 10.6. The Morgan fingerprint density at radius 3 is 2.10 bits per heavy atom. The average molecular weight is 394 g/mol. The van der Waals surface area contributed by atoms with E-state index in [1.807, 2.05) is 24.3 Å². The average Bonchev–Trinajstić information content (AvgIpc) is 3.42. The van der Waals surface area contributed by atoms with Crippen LogP contribution >= 0.6 is 0 Å². The number of hydrogen-bond donors (Lipinski definition) is 1. The number of fused-ring (bicyclic) bond motifs is 5. The van der Waals surface area contributed by atoms with Crippen molar-refractivity contribution < 1.29 is 19.1 Å². The largest absolute Gasteiger partial charge is 0.497 e. The van der Waals surface area contributed by atoms with E-state index in [2.05, 4.69) is 17.5 Å². The number of anilines is 1. The van der Waals surface area contributed by atoms with Crippen LogP contribution in [-0.2, 0) is 14.4 Å². The number of carbonyl (C=O) groups excluding carboxylic acids is 3. The van der Waals surface area contributed by atoms with E-state index in [-0.39, 0.29) is 53.4 Å². The zero-order valence-corrected chi connectivity index (χ0v) is 16.5. The van der Waals surface area contributed by atoms with Crippen LogP contribution in [0.25, 0.3) is 0 Å². The molecule has 1 heterocycles. The maximum Gasteiger partial charge on any atom is 0.233 e. The van der Waals surface area contributed by atoms with Crippen LogP contribution in [0.15, 0.2) is 36.4 Å². The number of hydrogen-bond acceptors (Lipinski definition) is 4. The minimum Gasteiger partial charge on any atom is -0.497 e. The fraction of sp³-hybridized carbons (Fsp3) is 0.522. The predicted molar refractivity (Wildman–Crippen MR) is 107 cm³/mol. The van der Waals surface area contributed by atoms with Crippen molar-refractivity contribution in [3.63, 3.8) is 0 Å². The lowest BCUT2D eigenvalue weighted by Crippen LogP contribution is -2.44. The van der Waals surface area contributed by atoms with Crippen LogP contribution in [0.2, 0.25) is 0 Å². The van der Waals surface area contributed by atoms with Crippen LogP contribution in [0, 0.1) is 29.6 Å². The molecule has 4 aliphatic rings. The number of allylic oxidation sites excluding steroid dienone is 2. The summed E-state index contributed by atoms with van der Waals surface area (Å²) in [5.74, 6) is 0.964. The molecule has 4 atom stereocenters. The Morgan fingerprint density at radius 1 is 0.966 bits per heavy atom. The summed E-state index contributed by atoms with van der Waals surface area (Å²) < 4.78 is 5.14. The summed E-state index contributed by atoms with van der Waals surface area (Å²) in [5.41, 5.74) is 0.749. The lowest BCUT2D eigenvalue weighted by molar-refractivity contribution is -0.144. The maximum absolute atomic E-state index is 13.0. The Kier molecular flexibility index (Phi) is 4.45. The van der Waals surface area contributed by atoms with E-state index in [4.69, 9.17) is 4.74 Å². The van der Waals surface area contributed by atoms with E-state index < -0.39 is 0 Å². The van der Waals surface area contributed by atoms with Gasteiger partial charge in [0.1, 0.15) is 5.75 Å². The fourth-order valence-corrected chi connectivity index (χ4v) is 5.80. The molecule has 3 aliphatic carbocycles. The van der Waals surface area contributed by atoms with E-state index >= 15 is 0 Å². The number of benzene rings is 1. The first kappa shape index (κ1) is 18.4. The summed E-state index contributed by atoms with van der Waals surface area (Å²) in [7, 11) is 1.61. The number of nitrogens with zero attached hydrogens (tertiary/aromatic N) is 1. The molecule has 3 fully saturated rings. The first-order chi connectivity index (χ1) is 14.1. The molecule has 1 N–H and O–H groups in total. The van der Waals surface area contributed by atoms with E-state index in [1.54, 1.807) is 12.0 Å². The second kappa shape index (κ2) is 7.01. The van der Waals surface area contributed by atoms with Crippen molar-refractivity contribution in [3.8, 4) is 5.75 Å². The molecule has 2 saturated carbocycles. The molecule has 1 aromatic carbocycles. The fourth-order valence-electron chi connectivity index (χ4n) is 5.80. The van der Waals surface area contributed by atoms with Gasteiger partial charge < -0.3 is 10.1 Å². The van der Waals surface area contributed by atoms with Gasteiger partial charge in [-0.15, -0.1) is 0 Å². The first-order valence-corrected chi connectivity index (χ1v) is 10.6. The quantitative estimate of drug-likeness (QED) is 0.629. The number of likely N-dealkylation sites (tertiary alicyclic amines) is 1. The van der Waals surface area contributed by atoms with Crippen molar-refractivity contribution in [2.75, 3.05) is 12.4 Å². The summed E-state index contributed by atoms with van der Waals surface area (Å²) in [6.45, 7) is 0. The van der Waals surface area contributed by atoms with Crippen molar-refractivity contribution >= 4 is 23.4 Å². The second-order valence-electron chi connectivity index (χ2n) is 8.77. The van der Waals surface area contributed by atoms with E-state index in [0.717, 1.165) is 17.9 Å². The molecule has 152 valence electrons. The van der Waals surface area contributed by atoms with Crippen LogP contribution in [0.3, 0.4) is 0 Å². The molecular weight excluding hydrogens is 368 g/mol. The van der Waals surface area contributed by atoms with Gasteiger partial charge in [0.15, 0.2) is 0 Å². The number of imide groups is 1. The highest BCUT2D eigenvalue weighted by molar-refractivity contribution is 6.06. The monoisotopic (exact) mass is 394 g/mol. The molecule has 0 spiro atoms. The Labute approximate surface area is 170 Å². The number of methoxy groups -OCH3 is 1. The second-order valence-corrected chi connectivity index (χ2v) is 8.77. The minimum absolute atomic E-state index is 0.00630. The molecule has 1 aliphatic heterocycles. The SMILES string of the molecule is COc1ccc(NC(=O)C2CCC(N3C(=O)[C@@H]4[C@@H](C3=O)[C@H]3C=C[C@@H]4C3)CC2)cc1. The van der Waals surface area contributed by atoms with Crippen LogP contribution in [0.1, 0.15) is 32.1 Å².